The first kappa shape index (κ1) is 15.2. The molecule has 0 saturated heterocycles. The molecule has 1 N–H and O–H groups in total. The zero-order chi connectivity index (χ0) is 14.6. The van der Waals surface area contributed by atoms with E-state index >= 15 is 0 Å². The number of carbonyl (C=O) groups is 2. The molecule has 1 amide bonds. The van der Waals surface area contributed by atoms with Crippen molar-refractivity contribution in [3.8, 4) is 0 Å². The molecule has 0 spiro atoms. The predicted octanol–water partition coefficient (Wildman–Crippen LogP) is 0.845. The molecule has 0 saturated carbocycles. The van der Waals surface area contributed by atoms with Gasteiger partial charge in [0.1, 0.15) is 5.25 Å². The zero-order valence-electron chi connectivity index (χ0n) is 10.8. The van der Waals surface area contributed by atoms with Crippen molar-refractivity contribution in [1.82, 2.24) is 0 Å². The van der Waals surface area contributed by atoms with Gasteiger partial charge in [0.2, 0.25) is 5.91 Å². The molecular weight excluding hydrogens is 270 g/mol. The fraction of sp³-hybridized carbons (Fsp3) is 0.333. The van der Waals surface area contributed by atoms with Crippen LogP contribution in [0.5, 0.6) is 0 Å². The van der Waals surface area contributed by atoms with E-state index in [1.807, 2.05) is 0 Å². The number of benzene rings is 1. The van der Waals surface area contributed by atoms with Gasteiger partial charge >= 0.3 is 5.97 Å². The Morgan fingerprint density at radius 1 is 1.32 bits per heavy atom. The molecule has 0 heterocycles. The van der Waals surface area contributed by atoms with E-state index in [4.69, 9.17) is 0 Å². The molecule has 19 heavy (non-hydrogen) atoms. The van der Waals surface area contributed by atoms with Crippen molar-refractivity contribution >= 4 is 27.4 Å². The highest BCUT2D eigenvalue weighted by Gasteiger charge is 2.23. The second-order valence-electron chi connectivity index (χ2n) is 4.03. The normalized spacial score (nSPS) is 12.6. The van der Waals surface area contributed by atoms with E-state index in [0.29, 0.717) is 5.69 Å². The second-order valence-corrected chi connectivity index (χ2v) is 6.40. The van der Waals surface area contributed by atoms with Crippen LogP contribution in [0.1, 0.15) is 17.3 Å². The molecule has 1 aromatic carbocycles. The lowest BCUT2D eigenvalue weighted by atomic mass is 10.2. The van der Waals surface area contributed by atoms with Crippen molar-refractivity contribution in [3.05, 3.63) is 29.8 Å². The molecule has 0 fully saturated rings. The lowest BCUT2D eigenvalue weighted by molar-refractivity contribution is -0.115. The van der Waals surface area contributed by atoms with E-state index in [1.54, 1.807) is 12.1 Å². The highest BCUT2D eigenvalue weighted by Crippen LogP contribution is 2.13. The van der Waals surface area contributed by atoms with Gasteiger partial charge in [-0.25, -0.2) is 13.2 Å². The Bertz CT molecular complexity index is 594. The number of sulfone groups is 1. The van der Waals surface area contributed by atoms with Crippen molar-refractivity contribution in [2.45, 2.75) is 12.2 Å². The molecule has 0 aliphatic carbocycles. The Morgan fingerprint density at radius 3 is 2.47 bits per heavy atom. The van der Waals surface area contributed by atoms with Gasteiger partial charge in [0.25, 0.3) is 0 Å². The SMILES string of the molecule is COC(=O)c1cccc(NC(=O)C(C)S(C)(=O)=O)c1. The number of anilines is 1. The fourth-order valence-electron chi connectivity index (χ4n) is 1.28. The number of ether oxygens (including phenoxy) is 1. The van der Waals surface area contributed by atoms with E-state index < -0.39 is 27.0 Å². The number of carbonyl (C=O) groups excluding carboxylic acids is 2. The molecule has 104 valence electrons. The molecule has 1 unspecified atom stereocenters. The minimum Gasteiger partial charge on any atom is -0.465 e. The van der Waals surface area contributed by atoms with Crippen molar-refractivity contribution in [2.24, 2.45) is 0 Å². The summed E-state index contributed by atoms with van der Waals surface area (Å²) in [4.78, 5) is 23.0. The van der Waals surface area contributed by atoms with Crippen molar-refractivity contribution in [3.63, 3.8) is 0 Å². The van der Waals surface area contributed by atoms with Gasteiger partial charge in [0.15, 0.2) is 9.84 Å². The average Bonchev–Trinajstić information content (AvgIpc) is 2.36. The van der Waals surface area contributed by atoms with Crippen LogP contribution in [0.3, 0.4) is 0 Å². The Hall–Kier alpha value is -1.89. The molecule has 6 nitrogen and oxygen atoms in total. The first-order valence-electron chi connectivity index (χ1n) is 5.44. The number of rotatable bonds is 4. The van der Waals surface area contributed by atoms with Crippen LogP contribution in [-0.2, 0) is 19.4 Å². The summed E-state index contributed by atoms with van der Waals surface area (Å²) in [5.74, 6) is -1.18. The zero-order valence-corrected chi connectivity index (χ0v) is 11.7. The van der Waals surface area contributed by atoms with E-state index in [9.17, 15) is 18.0 Å². The standard InChI is InChI=1S/C12H15NO5S/c1-8(19(3,16)17)11(14)13-10-6-4-5-9(7-10)12(15)18-2/h4-8H,1-3H3,(H,13,14). The minimum atomic E-state index is -3.46. The van der Waals surface area contributed by atoms with E-state index in [2.05, 4.69) is 10.1 Å². The molecule has 0 aliphatic heterocycles. The van der Waals surface area contributed by atoms with Crippen LogP contribution in [-0.4, -0.2) is 38.9 Å². The van der Waals surface area contributed by atoms with Gasteiger partial charge < -0.3 is 10.1 Å². The number of hydrogen-bond donors (Lipinski definition) is 1. The van der Waals surface area contributed by atoms with Gasteiger partial charge in [0.05, 0.1) is 12.7 Å². The maximum Gasteiger partial charge on any atom is 0.337 e. The van der Waals surface area contributed by atoms with Crippen molar-refractivity contribution in [2.75, 3.05) is 18.7 Å². The summed E-state index contributed by atoms with van der Waals surface area (Å²) in [7, 11) is -2.21. The molecule has 7 heteroatoms. The third-order valence-corrected chi connectivity index (χ3v) is 4.06. The quantitative estimate of drug-likeness (QED) is 0.828. The monoisotopic (exact) mass is 285 g/mol. The number of amides is 1. The Morgan fingerprint density at radius 2 is 1.95 bits per heavy atom. The van der Waals surface area contributed by atoms with E-state index in [-0.39, 0.29) is 5.56 Å². The third kappa shape index (κ3) is 4.06. The summed E-state index contributed by atoms with van der Waals surface area (Å²) in [6.45, 7) is 1.30. The second kappa shape index (κ2) is 5.83. The number of hydrogen-bond acceptors (Lipinski definition) is 5. The van der Waals surface area contributed by atoms with Crippen LogP contribution >= 0.6 is 0 Å². The molecule has 0 radical (unpaired) electrons. The summed E-state index contributed by atoms with van der Waals surface area (Å²) in [5, 5.41) is 1.28. The molecule has 0 aromatic heterocycles. The Kier molecular flexibility index (Phi) is 4.66. The minimum absolute atomic E-state index is 0.271. The lowest BCUT2D eigenvalue weighted by Gasteiger charge is -2.11. The van der Waals surface area contributed by atoms with Crippen LogP contribution in [0, 0.1) is 0 Å². The number of nitrogens with one attached hydrogen (secondary N) is 1. The highest BCUT2D eigenvalue weighted by molar-refractivity contribution is 7.92. The van der Waals surface area contributed by atoms with Gasteiger partial charge in [-0.1, -0.05) is 6.07 Å². The maximum atomic E-state index is 11.7. The van der Waals surface area contributed by atoms with Gasteiger partial charge in [-0.05, 0) is 25.1 Å². The summed E-state index contributed by atoms with van der Waals surface area (Å²) < 4.78 is 27.0. The molecule has 1 rings (SSSR count). The van der Waals surface area contributed by atoms with Crippen LogP contribution < -0.4 is 5.32 Å². The molecule has 1 aromatic rings. The number of esters is 1. The molecule has 1 atom stereocenters. The topological polar surface area (TPSA) is 89.5 Å². The maximum absolute atomic E-state index is 11.7. The van der Waals surface area contributed by atoms with E-state index in [1.165, 1.54) is 26.2 Å². The van der Waals surface area contributed by atoms with Crippen LogP contribution in [0.4, 0.5) is 5.69 Å². The Balaban J connectivity index is 2.89. The third-order valence-electron chi connectivity index (χ3n) is 2.56. The van der Waals surface area contributed by atoms with Gasteiger partial charge in [-0.2, -0.15) is 0 Å². The lowest BCUT2D eigenvalue weighted by Crippen LogP contribution is -2.31. The van der Waals surface area contributed by atoms with Crippen LogP contribution in [0.2, 0.25) is 0 Å². The molecule has 0 bridgehead atoms. The van der Waals surface area contributed by atoms with Crippen LogP contribution in [0.15, 0.2) is 24.3 Å². The molecular formula is C12H15NO5S. The summed E-state index contributed by atoms with van der Waals surface area (Å²) in [5.41, 5.74) is 0.607. The Labute approximate surface area is 111 Å². The summed E-state index contributed by atoms with van der Waals surface area (Å²) >= 11 is 0. The van der Waals surface area contributed by atoms with Gasteiger partial charge in [-0.3, -0.25) is 4.79 Å². The smallest absolute Gasteiger partial charge is 0.337 e. The van der Waals surface area contributed by atoms with Gasteiger partial charge in [0, 0.05) is 11.9 Å². The first-order chi connectivity index (χ1) is 8.75. The summed E-state index contributed by atoms with van der Waals surface area (Å²) in [6.07, 6.45) is 0.988. The molecule has 0 aliphatic rings. The highest BCUT2D eigenvalue weighted by atomic mass is 32.2. The van der Waals surface area contributed by atoms with Crippen molar-refractivity contribution < 1.29 is 22.7 Å². The predicted molar refractivity (Wildman–Crippen MR) is 70.7 cm³/mol. The average molecular weight is 285 g/mol. The largest absolute Gasteiger partial charge is 0.465 e. The fourth-order valence-corrected chi connectivity index (χ4v) is 1.73. The van der Waals surface area contributed by atoms with Crippen LogP contribution in [0.25, 0.3) is 0 Å². The van der Waals surface area contributed by atoms with Gasteiger partial charge in [-0.15, -0.1) is 0 Å². The number of methoxy groups -OCH3 is 1. The van der Waals surface area contributed by atoms with E-state index in [0.717, 1.165) is 6.26 Å². The van der Waals surface area contributed by atoms with Crippen molar-refractivity contribution in [1.29, 1.82) is 0 Å². The summed E-state index contributed by atoms with van der Waals surface area (Å²) in [6, 6.07) is 6.06. The first-order valence-corrected chi connectivity index (χ1v) is 7.39.